The van der Waals surface area contributed by atoms with Gasteiger partial charge in [-0.1, -0.05) is 6.42 Å². The minimum atomic E-state index is -3.17. The average Bonchev–Trinajstić information content (AvgIpc) is 2.58. The van der Waals surface area contributed by atoms with Gasteiger partial charge in [-0.25, -0.2) is 13.1 Å². The first-order chi connectivity index (χ1) is 8.18. The fourth-order valence-electron chi connectivity index (χ4n) is 2.43. The van der Waals surface area contributed by atoms with Crippen molar-refractivity contribution >= 4 is 10.0 Å². The zero-order chi connectivity index (χ0) is 12.1. The molecule has 2 aliphatic heterocycles. The molecule has 2 N–H and O–H groups in total. The number of nitrogens with one attached hydrogen (secondary N) is 2. The third kappa shape index (κ3) is 3.91. The van der Waals surface area contributed by atoms with Crippen LogP contribution in [0.4, 0.5) is 0 Å². The Hall–Kier alpha value is -0.170. The Morgan fingerprint density at radius 3 is 2.65 bits per heavy atom. The molecule has 0 spiro atoms. The molecule has 17 heavy (non-hydrogen) atoms. The Bertz CT molecular complexity index is 318. The maximum Gasteiger partial charge on any atom is 0.214 e. The number of rotatable bonds is 3. The highest BCUT2D eigenvalue weighted by atomic mass is 32.2. The highest BCUT2D eigenvalue weighted by Crippen LogP contribution is 2.16. The van der Waals surface area contributed by atoms with E-state index < -0.39 is 10.0 Å². The number of hydrogen-bond donors (Lipinski definition) is 2. The van der Waals surface area contributed by atoms with E-state index in [0.29, 0.717) is 26.1 Å². The van der Waals surface area contributed by atoms with E-state index >= 15 is 0 Å². The molecule has 0 saturated carbocycles. The SMILES string of the molecule is O=S(=O)(NC1CCCCNC1)C1CCOCC1. The summed E-state index contributed by atoms with van der Waals surface area (Å²) < 4.78 is 32.4. The van der Waals surface area contributed by atoms with Gasteiger partial charge in [0, 0.05) is 25.8 Å². The lowest BCUT2D eigenvalue weighted by molar-refractivity contribution is 0.0980. The molecule has 0 aromatic carbocycles. The Morgan fingerprint density at radius 2 is 1.88 bits per heavy atom. The highest BCUT2D eigenvalue weighted by Gasteiger charge is 2.29. The summed E-state index contributed by atoms with van der Waals surface area (Å²) in [7, 11) is -3.17. The summed E-state index contributed by atoms with van der Waals surface area (Å²) in [6, 6.07) is 0.0605. The van der Waals surface area contributed by atoms with Gasteiger partial charge >= 0.3 is 0 Å². The van der Waals surface area contributed by atoms with Gasteiger partial charge < -0.3 is 10.1 Å². The van der Waals surface area contributed by atoms with Gasteiger partial charge in [-0.3, -0.25) is 0 Å². The summed E-state index contributed by atoms with van der Waals surface area (Å²) in [5, 5.41) is 3.01. The molecule has 6 heteroatoms. The van der Waals surface area contributed by atoms with E-state index in [1.165, 1.54) is 0 Å². The van der Waals surface area contributed by atoms with E-state index in [4.69, 9.17) is 4.74 Å². The molecule has 0 radical (unpaired) electrons. The molecule has 2 fully saturated rings. The van der Waals surface area contributed by atoms with Crippen LogP contribution >= 0.6 is 0 Å². The van der Waals surface area contributed by atoms with Gasteiger partial charge in [0.25, 0.3) is 0 Å². The third-order valence-corrected chi connectivity index (χ3v) is 5.50. The normalized spacial score (nSPS) is 28.8. The van der Waals surface area contributed by atoms with Crippen molar-refractivity contribution in [2.75, 3.05) is 26.3 Å². The van der Waals surface area contributed by atoms with Gasteiger partial charge in [-0.2, -0.15) is 0 Å². The van der Waals surface area contributed by atoms with Crippen LogP contribution in [0.5, 0.6) is 0 Å². The minimum absolute atomic E-state index is 0.0605. The van der Waals surface area contributed by atoms with Crippen LogP contribution in [0.2, 0.25) is 0 Å². The van der Waals surface area contributed by atoms with E-state index in [-0.39, 0.29) is 11.3 Å². The number of hydrogen-bond acceptors (Lipinski definition) is 4. The molecular formula is C11H22N2O3S. The lowest BCUT2D eigenvalue weighted by Crippen LogP contribution is -2.46. The van der Waals surface area contributed by atoms with E-state index in [1.54, 1.807) is 0 Å². The predicted molar refractivity (Wildman–Crippen MR) is 66.4 cm³/mol. The Balaban J connectivity index is 1.90. The van der Waals surface area contributed by atoms with Crippen LogP contribution < -0.4 is 10.0 Å². The van der Waals surface area contributed by atoms with E-state index in [9.17, 15) is 8.42 Å². The van der Waals surface area contributed by atoms with Gasteiger partial charge in [-0.15, -0.1) is 0 Å². The van der Waals surface area contributed by atoms with Gasteiger partial charge in [0.05, 0.1) is 5.25 Å². The van der Waals surface area contributed by atoms with Crippen LogP contribution in [0.25, 0.3) is 0 Å². The second kappa shape index (κ2) is 6.13. The Kier molecular flexibility index (Phi) is 4.78. The summed E-state index contributed by atoms with van der Waals surface area (Å²) in [6.45, 7) is 2.88. The van der Waals surface area contributed by atoms with Crippen molar-refractivity contribution in [1.82, 2.24) is 10.0 Å². The average molecular weight is 262 g/mol. The molecule has 0 aliphatic carbocycles. The summed E-state index contributed by atoms with van der Waals surface area (Å²) in [5.74, 6) is 0. The zero-order valence-corrected chi connectivity index (χ0v) is 11.0. The monoisotopic (exact) mass is 262 g/mol. The Labute approximate surface area is 103 Å². The van der Waals surface area contributed by atoms with E-state index in [0.717, 1.165) is 32.4 Å². The standard InChI is InChI=1S/C11H22N2O3S/c14-17(15,11-4-7-16-8-5-11)13-10-3-1-2-6-12-9-10/h10-13H,1-9H2. The van der Waals surface area contributed by atoms with Crippen molar-refractivity contribution in [2.45, 2.75) is 43.4 Å². The van der Waals surface area contributed by atoms with Crippen LogP contribution in [0.3, 0.4) is 0 Å². The maximum absolute atomic E-state index is 12.2. The first-order valence-corrected chi connectivity index (χ1v) is 8.03. The van der Waals surface area contributed by atoms with Crippen molar-refractivity contribution in [3.63, 3.8) is 0 Å². The van der Waals surface area contributed by atoms with Crippen molar-refractivity contribution in [2.24, 2.45) is 0 Å². The molecule has 2 heterocycles. The minimum Gasteiger partial charge on any atom is -0.381 e. The van der Waals surface area contributed by atoms with Gasteiger partial charge in [0.1, 0.15) is 0 Å². The summed E-state index contributed by atoms with van der Waals surface area (Å²) in [4.78, 5) is 0. The molecular weight excluding hydrogens is 240 g/mol. The largest absolute Gasteiger partial charge is 0.381 e. The van der Waals surface area contributed by atoms with Crippen molar-refractivity contribution in [1.29, 1.82) is 0 Å². The highest BCUT2D eigenvalue weighted by molar-refractivity contribution is 7.90. The fraction of sp³-hybridized carbons (Fsp3) is 1.00. The molecule has 2 rings (SSSR count). The van der Waals surface area contributed by atoms with Crippen LogP contribution in [-0.4, -0.2) is 46.0 Å². The van der Waals surface area contributed by atoms with E-state index in [1.807, 2.05) is 0 Å². The second-order valence-electron chi connectivity index (χ2n) is 4.87. The third-order valence-electron chi connectivity index (χ3n) is 3.48. The first kappa shape index (κ1) is 13.3. The van der Waals surface area contributed by atoms with Crippen molar-refractivity contribution < 1.29 is 13.2 Å². The zero-order valence-electron chi connectivity index (χ0n) is 10.2. The fourth-order valence-corrected chi connectivity index (χ4v) is 4.11. The Morgan fingerprint density at radius 1 is 1.12 bits per heavy atom. The van der Waals surface area contributed by atoms with Crippen LogP contribution in [-0.2, 0) is 14.8 Å². The van der Waals surface area contributed by atoms with Gasteiger partial charge in [-0.05, 0) is 32.2 Å². The van der Waals surface area contributed by atoms with Crippen LogP contribution in [0.15, 0.2) is 0 Å². The molecule has 1 atom stereocenters. The molecule has 2 saturated heterocycles. The number of sulfonamides is 1. The molecule has 0 amide bonds. The van der Waals surface area contributed by atoms with Crippen molar-refractivity contribution in [3.8, 4) is 0 Å². The first-order valence-electron chi connectivity index (χ1n) is 6.48. The molecule has 5 nitrogen and oxygen atoms in total. The van der Waals surface area contributed by atoms with E-state index in [2.05, 4.69) is 10.0 Å². The maximum atomic E-state index is 12.2. The van der Waals surface area contributed by atoms with Crippen LogP contribution in [0.1, 0.15) is 32.1 Å². The topological polar surface area (TPSA) is 67.4 Å². The van der Waals surface area contributed by atoms with Crippen molar-refractivity contribution in [3.05, 3.63) is 0 Å². The summed E-state index contributed by atoms with van der Waals surface area (Å²) in [5.41, 5.74) is 0. The molecule has 0 aromatic rings. The molecule has 2 aliphatic rings. The quantitative estimate of drug-likeness (QED) is 0.764. The summed E-state index contributed by atoms with van der Waals surface area (Å²) in [6.07, 6.45) is 4.41. The number of ether oxygens (including phenoxy) is 1. The second-order valence-corrected chi connectivity index (χ2v) is 6.86. The van der Waals surface area contributed by atoms with Crippen LogP contribution in [0, 0.1) is 0 Å². The molecule has 1 unspecified atom stereocenters. The smallest absolute Gasteiger partial charge is 0.214 e. The molecule has 0 bridgehead atoms. The summed E-state index contributed by atoms with van der Waals surface area (Å²) >= 11 is 0. The predicted octanol–water partition coefficient (Wildman–Crippen LogP) is 0.227. The lowest BCUT2D eigenvalue weighted by atomic mass is 10.2. The lowest BCUT2D eigenvalue weighted by Gasteiger charge is -2.25. The van der Waals surface area contributed by atoms with Gasteiger partial charge in [0.15, 0.2) is 0 Å². The molecule has 0 aromatic heterocycles. The van der Waals surface area contributed by atoms with Gasteiger partial charge in [0.2, 0.25) is 10.0 Å². The molecule has 100 valence electrons.